The molecule has 0 atom stereocenters. The standard InChI is InChI=1S/C13H12BrFN2O/c1-18-13-7-11(4-5-16-13)17-8-9-6-10(14)2-3-12(9)15/h2-7H,8H2,1H3,(H,16,17). The highest BCUT2D eigenvalue weighted by atomic mass is 79.9. The van der Waals surface area contributed by atoms with E-state index in [2.05, 4.69) is 26.2 Å². The summed E-state index contributed by atoms with van der Waals surface area (Å²) in [4.78, 5) is 4.00. The smallest absolute Gasteiger partial charge is 0.214 e. The van der Waals surface area contributed by atoms with Crippen molar-refractivity contribution >= 4 is 21.6 Å². The van der Waals surface area contributed by atoms with Crippen molar-refractivity contribution in [3.8, 4) is 5.88 Å². The van der Waals surface area contributed by atoms with Crippen molar-refractivity contribution in [1.29, 1.82) is 0 Å². The number of pyridine rings is 1. The van der Waals surface area contributed by atoms with Crippen molar-refractivity contribution in [3.63, 3.8) is 0 Å². The molecule has 5 heteroatoms. The number of hydrogen-bond donors (Lipinski definition) is 1. The van der Waals surface area contributed by atoms with Crippen LogP contribution in [0.2, 0.25) is 0 Å². The fourth-order valence-electron chi connectivity index (χ4n) is 1.51. The zero-order chi connectivity index (χ0) is 13.0. The number of nitrogens with zero attached hydrogens (tertiary/aromatic N) is 1. The molecule has 0 aliphatic heterocycles. The van der Waals surface area contributed by atoms with Gasteiger partial charge in [-0.2, -0.15) is 0 Å². The van der Waals surface area contributed by atoms with E-state index >= 15 is 0 Å². The van der Waals surface area contributed by atoms with Crippen LogP contribution in [0, 0.1) is 5.82 Å². The normalized spacial score (nSPS) is 10.2. The van der Waals surface area contributed by atoms with Gasteiger partial charge in [0.05, 0.1) is 7.11 Å². The van der Waals surface area contributed by atoms with Gasteiger partial charge < -0.3 is 10.1 Å². The van der Waals surface area contributed by atoms with Crippen LogP contribution < -0.4 is 10.1 Å². The molecule has 0 saturated heterocycles. The highest BCUT2D eigenvalue weighted by Crippen LogP contribution is 2.18. The Labute approximate surface area is 113 Å². The summed E-state index contributed by atoms with van der Waals surface area (Å²) < 4.78 is 19.4. The average molecular weight is 311 g/mol. The molecule has 2 aromatic rings. The maximum Gasteiger partial charge on any atom is 0.214 e. The van der Waals surface area contributed by atoms with E-state index in [-0.39, 0.29) is 5.82 Å². The molecule has 2 rings (SSSR count). The van der Waals surface area contributed by atoms with Gasteiger partial charge in [0.2, 0.25) is 5.88 Å². The fourth-order valence-corrected chi connectivity index (χ4v) is 1.92. The van der Waals surface area contributed by atoms with Gasteiger partial charge in [-0.05, 0) is 24.3 Å². The van der Waals surface area contributed by atoms with Gasteiger partial charge in [0.15, 0.2) is 0 Å². The Morgan fingerprint density at radius 2 is 2.17 bits per heavy atom. The quantitative estimate of drug-likeness (QED) is 0.937. The third-order valence-electron chi connectivity index (χ3n) is 2.43. The van der Waals surface area contributed by atoms with Crippen LogP contribution >= 0.6 is 15.9 Å². The Hall–Kier alpha value is -1.62. The second-order valence-electron chi connectivity index (χ2n) is 3.68. The first kappa shape index (κ1) is 12.8. The van der Waals surface area contributed by atoms with Gasteiger partial charge >= 0.3 is 0 Å². The van der Waals surface area contributed by atoms with Crippen molar-refractivity contribution in [3.05, 3.63) is 52.4 Å². The van der Waals surface area contributed by atoms with Crippen LogP contribution in [0.15, 0.2) is 41.0 Å². The highest BCUT2D eigenvalue weighted by Gasteiger charge is 2.03. The number of hydrogen-bond acceptors (Lipinski definition) is 3. The third-order valence-corrected chi connectivity index (χ3v) is 2.93. The van der Waals surface area contributed by atoms with E-state index in [1.54, 1.807) is 37.6 Å². The summed E-state index contributed by atoms with van der Waals surface area (Å²) in [7, 11) is 1.56. The van der Waals surface area contributed by atoms with Gasteiger partial charge in [-0.15, -0.1) is 0 Å². The van der Waals surface area contributed by atoms with Crippen LogP contribution in [-0.2, 0) is 6.54 Å². The molecule has 1 heterocycles. The molecule has 0 bridgehead atoms. The lowest BCUT2D eigenvalue weighted by Crippen LogP contribution is -2.02. The average Bonchev–Trinajstić information content (AvgIpc) is 2.40. The number of methoxy groups -OCH3 is 1. The zero-order valence-corrected chi connectivity index (χ0v) is 11.4. The summed E-state index contributed by atoms with van der Waals surface area (Å²) in [5.74, 6) is 0.293. The number of nitrogens with one attached hydrogen (secondary N) is 1. The van der Waals surface area contributed by atoms with Crippen molar-refractivity contribution in [2.45, 2.75) is 6.54 Å². The van der Waals surface area contributed by atoms with Gasteiger partial charge in [0.1, 0.15) is 5.82 Å². The molecular formula is C13H12BrFN2O. The molecule has 0 spiro atoms. The lowest BCUT2D eigenvalue weighted by molar-refractivity contribution is 0.398. The summed E-state index contributed by atoms with van der Waals surface area (Å²) in [6.45, 7) is 0.401. The Balaban J connectivity index is 2.08. The van der Waals surface area contributed by atoms with Crippen LogP contribution in [0.4, 0.5) is 10.1 Å². The van der Waals surface area contributed by atoms with Crippen molar-refractivity contribution in [2.24, 2.45) is 0 Å². The monoisotopic (exact) mass is 310 g/mol. The molecule has 94 valence electrons. The van der Waals surface area contributed by atoms with E-state index in [0.29, 0.717) is 18.0 Å². The molecule has 1 N–H and O–H groups in total. The van der Waals surface area contributed by atoms with E-state index in [9.17, 15) is 4.39 Å². The number of halogens is 2. The number of anilines is 1. The number of aromatic nitrogens is 1. The summed E-state index contributed by atoms with van der Waals surface area (Å²) in [6.07, 6.45) is 1.64. The van der Waals surface area contributed by atoms with Gasteiger partial charge in [-0.25, -0.2) is 9.37 Å². The number of ether oxygens (including phenoxy) is 1. The van der Waals surface area contributed by atoms with E-state index in [4.69, 9.17) is 4.74 Å². The minimum atomic E-state index is -0.230. The Morgan fingerprint density at radius 1 is 1.33 bits per heavy atom. The Kier molecular flexibility index (Phi) is 4.15. The maximum absolute atomic E-state index is 13.5. The molecule has 3 nitrogen and oxygen atoms in total. The molecule has 0 fully saturated rings. The first-order chi connectivity index (χ1) is 8.69. The maximum atomic E-state index is 13.5. The first-order valence-electron chi connectivity index (χ1n) is 5.37. The van der Waals surface area contributed by atoms with Gasteiger partial charge in [-0.3, -0.25) is 0 Å². The van der Waals surface area contributed by atoms with Crippen LogP contribution in [0.3, 0.4) is 0 Å². The SMILES string of the molecule is COc1cc(NCc2cc(Br)ccc2F)ccn1. The molecular weight excluding hydrogens is 299 g/mol. The first-order valence-corrected chi connectivity index (χ1v) is 6.16. The van der Waals surface area contributed by atoms with E-state index < -0.39 is 0 Å². The topological polar surface area (TPSA) is 34.1 Å². The summed E-state index contributed by atoms with van der Waals surface area (Å²) >= 11 is 3.32. The van der Waals surface area contributed by atoms with Crippen LogP contribution in [-0.4, -0.2) is 12.1 Å². The minimum absolute atomic E-state index is 0.230. The molecule has 0 amide bonds. The van der Waals surface area contributed by atoms with Crippen molar-refractivity contribution < 1.29 is 9.13 Å². The summed E-state index contributed by atoms with van der Waals surface area (Å²) in [6, 6.07) is 8.43. The fraction of sp³-hybridized carbons (Fsp3) is 0.154. The van der Waals surface area contributed by atoms with E-state index in [1.165, 1.54) is 6.07 Å². The van der Waals surface area contributed by atoms with Crippen molar-refractivity contribution in [2.75, 3.05) is 12.4 Å². The van der Waals surface area contributed by atoms with Crippen LogP contribution in [0.25, 0.3) is 0 Å². The van der Waals surface area contributed by atoms with Gasteiger partial charge in [-0.1, -0.05) is 15.9 Å². The van der Waals surface area contributed by atoms with Gasteiger partial charge in [0.25, 0.3) is 0 Å². The van der Waals surface area contributed by atoms with Crippen LogP contribution in [0.1, 0.15) is 5.56 Å². The van der Waals surface area contributed by atoms with Gasteiger partial charge in [0, 0.05) is 34.5 Å². The molecule has 0 aliphatic rings. The predicted molar refractivity (Wildman–Crippen MR) is 72.2 cm³/mol. The second kappa shape index (κ2) is 5.82. The molecule has 1 aromatic carbocycles. The molecule has 0 radical (unpaired) electrons. The molecule has 18 heavy (non-hydrogen) atoms. The number of rotatable bonds is 4. The van der Waals surface area contributed by atoms with E-state index in [1.807, 2.05) is 0 Å². The lowest BCUT2D eigenvalue weighted by Gasteiger charge is -2.08. The lowest BCUT2D eigenvalue weighted by atomic mass is 10.2. The molecule has 1 aromatic heterocycles. The van der Waals surface area contributed by atoms with Crippen LogP contribution in [0.5, 0.6) is 5.88 Å². The second-order valence-corrected chi connectivity index (χ2v) is 4.59. The van der Waals surface area contributed by atoms with E-state index in [0.717, 1.165) is 10.2 Å². The highest BCUT2D eigenvalue weighted by molar-refractivity contribution is 9.10. The summed E-state index contributed by atoms with van der Waals surface area (Å²) in [5.41, 5.74) is 1.43. The Bertz CT molecular complexity index is 548. The molecule has 0 saturated carbocycles. The number of benzene rings is 1. The summed E-state index contributed by atoms with van der Waals surface area (Å²) in [5, 5.41) is 3.12. The minimum Gasteiger partial charge on any atom is -0.481 e. The Morgan fingerprint density at radius 3 is 2.94 bits per heavy atom. The largest absolute Gasteiger partial charge is 0.481 e. The zero-order valence-electron chi connectivity index (χ0n) is 9.78. The molecule has 0 aliphatic carbocycles. The molecule has 0 unspecified atom stereocenters. The van der Waals surface area contributed by atoms with Crippen molar-refractivity contribution in [1.82, 2.24) is 4.98 Å². The predicted octanol–water partition coefficient (Wildman–Crippen LogP) is 3.60. The third kappa shape index (κ3) is 3.20.